The molecule has 0 spiro atoms. The lowest BCUT2D eigenvalue weighted by atomic mass is 9.71. The van der Waals surface area contributed by atoms with Crippen LogP contribution in [0.1, 0.15) is 52.5 Å². The molecule has 10 heteroatoms. The number of hydroxylamine groups is 1. The minimum Gasteiger partial charge on any atom is -0.398 e. The fraction of sp³-hybridized carbons (Fsp3) is 0.481. The Kier molecular flexibility index (Phi) is 10.7. The number of carbonyl (C=O) groups excluding carboxylic acids is 2. The van der Waals surface area contributed by atoms with E-state index in [2.05, 4.69) is 5.43 Å². The van der Waals surface area contributed by atoms with Crippen LogP contribution in [0.2, 0.25) is 0 Å². The van der Waals surface area contributed by atoms with Crippen LogP contribution in [0.4, 0.5) is 5.69 Å². The van der Waals surface area contributed by atoms with Crippen molar-refractivity contribution in [1.29, 1.82) is 0 Å². The lowest BCUT2D eigenvalue weighted by Gasteiger charge is -2.43. The molecule has 0 heterocycles. The lowest BCUT2D eigenvalue weighted by molar-refractivity contribution is -0.143. The number of hydrazine groups is 1. The Hall–Kier alpha value is -2.95. The average Bonchev–Trinajstić information content (AvgIpc) is 2.86. The molecule has 204 valence electrons. The summed E-state index contributed by atoms with van der Waals surface area (Å²) >= 11 is 0. The minimum atomic E-state index is -4.35. The molecule has 0 saturated carbocycles. The Morgan fingerprint density at radius 2 is 1.54 bits per heavy atom. The van der Waals surface area contributed by atoms with Crippen molar-refractivity contribution in [1.82, 2.24) is 10.9 Å². The first-order chi connectivity index (χ1) is 17.4. The Labute approximate surface area is 219 Å². The van der Waals surface area contributed by atoms with Crippen molar-refractivity contribution in [2.24, 2.45) is 29.5 Å². The highest BCUT2D eigenvalue weighted by molar-refractivity contribution is 7.93. The number of nitrogens with one attached hydrogen (secondary N) is 2. The summed E-state index contributed by atoms with van der Waals surface area (Å²) in [7, 11) is -4.35. The molecular formula is C27H40N4O5S. The van der Waals surface area contributed by atoms with E-state index in [4.69, 9.17) is 11.6 Å². The first-order valence-electron chi connectivity index (χ1n) is 12.5. The normalized spacial score (nSPS) is 15.1. The monoisotopic (exact) mass is 532 g/mol. The summed E-state index contributed by atoms with van der Waals surface area (Å²) < 4.78 is 27.6. The second kappa shape index (κ2) is 13.0. The summed E-state index contributed by atoms with van der Waals surface area (Å²) in [5.74, 6) is 1.03. The first-order valence-corrected chi connectivity index (χ1v) is 14.0. The van der Waals surface area contributed by atoms with Gasteiger partial charge in [-0.1, -0.05) is 70.2 Å². The molecule has 0 aromatic heterocycles. The number of aryl methyl sites for hydroxylation is 1. The third-order valence-electron chi connectivity index (χ3n) is 6.74. The molecule has 0 aliphatic carbocycles. The van der Waals surface area contributed by atoms with Crippen molar-refractivity contribution >= 4 is 27.3 Å². The zero-order valence-electron chi connectivity index (χ0n) is 22.0. The zero-order chi connectivity index (χ0) is 27.8. The molecule has 37 heavy (non-hydrogen) atoms. The van der Waals surface area contributed by atoms with Gasteiger partial charge < -0.3 is 5.73 Å². The Morgan fingerprint density at radius 1 is 0.946 bits per heavy atom. The SMILES string of the molecule is CC(C)C[C@@H](C(=O)NN)[C@@H](C(=O)NO)C(CCc1ccccc1)(CC(C)C)S(=O)(=O)c1ccccc1N. The fourth-order valence-electron chi connectivity index (χ4n) is 5.30. The van der Waals surface area contributed by atoms with Crippen molar-refractivity contribution in [3.05, 3.63) is 60.2 Å². The van der Waals surface area contributed by atoms with Crippen LogP contribution in [0, 0.1) is 23.7 Å². The molecule has 2 aromatic carbocycles. The van der Waals surface area contributed by atoms with E-state index in [0.717, 1.165) is 5.56 Å². The Morgan fingerprint density at radius 3 is 2.05 bits per heavy atom. The summed E-state index contributed by atoms with van der Waals surface area (Å²) in [4.78, 5) is 26.5. The number of carbonyl (C=O) groups is 2. The molecule has 0 aliphatic heterocycles. The van der Waals surface area contributed by atoms with E-state index in [1.165, 1.54) is 12.1 Å². The number of benzene rings is 2. The Balaban J connectivity index is 2.94. The quantitative estimate of drug-likeness (QED) is 0.0868. The minimum absolute atomic E-state index is 0.0103. The zero-order valence-corrected chi connectivity index (χ0v) is 22.8. The predicted molar refractivity (Wildman–Crippen MR) is 144 cm³/mol. The van der Waals surface area contributed by atoms with E-state index < -0.39 is 38.2 Å². The number of para-hydroxylation sites is 1. The van der Waals surface area contributed by atoms with E-state index >= 15 is 0 Å². The van der Waals surface area contributed by atoms with Gasteiger partial charge in [-0.25, -0.2) is 19.7 Å². The van der Waals surface area contributed by atoms with Gasteiger partial charge in [-0.3, -0.25) is 20.2 Å². The summed E-state index contributed by atoms with van der Waals surface area (Å²) in [6.45, 7) is 7.44. The van der Waals surface area contributed by atoms with Crippen LogP contribution in [-0.2, 0) is 25.8 Å². The largest absolute Gasteiger partial charge is 0.398 e. The summed E-state index contributed by atoms with van der Waals surface area (Å²) in [6, 6.07) is 15.4. The number of rotatable bonds is 13. The van der Waals surface area contributed by atoms with Gasteiger partial charge in [0, 0.05) is 0 Å². The molecule has 0 saturated heterocycles. The van der Waals surface area contributed by atoms with Crippen molar-refractivity contribution in [3.8, 4) is 0 Å². The molecule has 0 aliphatic rings. The number of hydrogen-bond donors (Lipinski definition) is 5. The number of amides is 2. The summed E-state index contributed by atoms with van der Waals surface area (Å²) in [5.41, 5.74) is 10.9. The van der Waals surface area contributed by atoms with Gasteiger partial charge in [0.15, 0.2) is 9.84 Å². The highest BCUT2D eigenvalue weighted by atomic mass is 32.2. The summed E-state index contributed by atoms with van der Waals surface area (Å²) in [6.07, 6.45) is 0.539. The maximum Gasteiger partial charge on any atom is 0.248 e. The molecule has 1 unspecified atom stereocenters. The van der Waals surface area contributed by atoms with Crippen LogP contribution in [0.3, 0.4) is 0 Å². The molecule has 2 rings (SSSR count). The van der Waals surface area contributed by atoms with Crippen molar-refractivity contribution in [3.63, 3.8) is 0 Å². The van der Waals surface area contributed by atoms with E-state index in [1.807, 2.05) is 58.0 Å². The molecule has 2 aromatic rings. The number of nitrogens with two attached hydrogens (primary N) is 2. The first kappa shape index (κ1) is 30.3. The fourth-order valence-corrected chi connectivity index (χ4v) is 7.90. The van der Waals surface area contributed by atoms with Crippen LogP contribution < -0.4 is 22.5 Å². The van der Waals surface area contributed by atoms with Gasteiger partial charge in [-0.05, 0) is 55.2 Å². The van der Waals surface area contributed by atoms with Gasteiger partial charge in [0.2, 0.25) is 11.8 Å². The molecule has 0 radical (unpaired) electrons. The molecule has 0 fully saturated rings. The predicted octanol–water partition coefficient (Wildman–Crippen LogP) is 3.23. The molecule has 9 nitrogen and oxygen atoms in total. The van der Waals surface area contributed by atoms with Gasteiger partial charge in [0.05, 0.1) is 27.2 Å². The average molecular weight is 533 g/mol. The lowest BCUT2D eigenvalue weighted by Crippen LogP contribution is -2.58. The van der Waals surface area contributed by atoms with Gasteiger partial charge in [0.25, 0.3) is 0 Å². The molecule has 2 amide bonds. The molecule has 7 N–H and O–H groups in total. The number of hydrogen-bond acceptors (Lipinski definition) is 7. The van der Waals surface area contributed by atoms with Gasteiger partial charge in [-0.2, -0.15) is 0 Å². The van der Waals surface area contributed by atoms with Crippen LogP contribution in [0.15, 0.2) is 59.5 Å². The highest BCUT2D eigenvalue weighted by Crippen LogP contribution is 2.47. The third-order valence-corrected chi connectivity index (χ3v) is 9.39. The van der Waals surface area contributed by atoms with Gasteiger partial charge >= 0.3 is 0 Å². The highest BCUT2D eigenvalue weighted by Gasteiger charge is 2.57. The van der Waals surface area contributed by atoms with Crippen LogP contribution in [0.25, 0.3) is 0 Å². The number of sulfone groups is 1. The van der Waals surface area contributed by atoms with Crippen LogP contribution >= 0.6 is 0 Å². The van der Waals surface area contributed by atoms with Crippen LogP contribution in [-0.4, -0.2) is 30.2 Å². The standard InChI is InChI=1S/C27H40N4O5S/c1-18(2)16-21(25(32)30-29)24(26(33)31-34)27(17-19(3)4,15-14-20-10-6-5-7-11-20)37(35,36)23-13-9-8-12-22(23)28/h5-13,18-19,21,24,34H,14-17,28-29H2,1-4H3,(H,30,32)(H,31,33)/t21-,24+,27?/m1/s1. The molecule has 0 bridgehead atoms. The van der Waals surface area contributed by atoms with E-state index in [-0.39, 0.29) is 41.7 Å². The van der Waals surface area contributed by atoms with E-state index in [0.29, 0.717) is 6.42 Å². The molecule has 3 atom stereocenters. The van der Waals surface area contributed by atoms with Gasteiger partial charge in [0.1, 0.15) is 0 Å². The third kappa shape index (κ3) is 6.88. The number of nitrogen functional groups attached to an aromatic ring is 1. The van der Waals surface area contributed by atoms with Gasteiger partial charge in [-0.15, -0.1) is 0 Å². The van der Waals surface area contributed by atoms with Crippen LogP contribution in [0.5, 0.6) is 0 Å². The smallest absolute Gasteiger partial charge is 0.248 e. The molecular weight excluding hydrogens is 492 g/mol. The van der Waals surface area contributed by atoms with Crippen molar-refractivity contribution in [2.75, 3.05) is 5.73 Å². The topological polar surface area (TPSA) is 165 Å². The second-order valence-electron chi connectivity index (χ2n) is 10.4. The maximum absolute atomic E-state index is 14.7. The Bertz CT molecular complexity index is 1150. The number of anilines is 1. The van der Waals surface area contributed by atoms with E-state index in [9.17, 15) is 23.2 Å². The second-order valence-corrected chi connectivity index (χ2v) is 12.6. The van der Waals surface area contributed by atoms with Crippen molar-refractivity contribution in [2.45, 2.75) is 63.0 Å². The van der Waals surface area contributed by atoms with Crippen molar-refractivity contribution < 1.29 is 23.2 Å². The summed E-state index contributed by atoms with van der Waals surface area (Å²) in [5, 5.41) is 9.83. The maximum atomic E-state index is 14.7. The van der Waals surface area contributed by atoms with E-state index in [1.54, 1.807) is 17.6 Å².